The number of hydrogen-bond donors (Lipinski definition) is 24. The van der Waals surface area contributed by atoms with E-state index in [0.29, 0.717) is 0 Å². The van der Waals surface area contributed by atoms with E-state index in [1.54, 1.807) is 0 Å². The summed E-state index contributed by atoms with van der Waals surface area (Å²) in [5.41, 5.74) is 0. The molecule has 0 atom stereocenters. The van der Waals surface area contributed by atoms with Crippen LogP contribution >= 0.6 is 0 Å². The minimum atomic E-state index is -4.61. The molecule has 0 fully saturated rings. The predicted molar refractivity (Wildman–Crippen MR) is 90.3 cm³/mol. The topological polar surface area (TPSA) is 486 Å². The molecule has 200 valence electrons. The molecule has 0 aliphatic heterocycles. The summed E-state index contributed by atoms with van der Waals surface area (Å²) in [5.74, 6) is 0. The molecule has 0 aromatic heterocycles. The molecule has 0 aliphatic carbocycles. The van der Waals surface area contributed by atoms with Crippen LogP contribution in [0.25, 0.3) is 0 Å². The van der Waals surface area contributed by atoms with Gasteiger partial charge in [0.05, 0.1) is 0 Å². The van der Waals surface area contributed by atoms with Crippen molar-refractivity contribution in [1.29, 1.82) is 0 Å². The molecule has 0 saturated carbocycles. The van der Waals surface area contributed by atoms with Crippen molar-refractivity contribution in [3.05, 3.63) is 0 Å². The number of rotatable bonds is 0. The lowest BCUT2D eigenvalue weighted by atomic mass is 15.7. The first kappa shape index (κ1) is 48.6. The fourth-order valence-electron chi connectivity index (χ4n) is 0. The largest absolute Gasteiger partial charge is 0.668 e. The molecule has 24 nitrogen and oxygen atoms in total. The van der Waals surface area contributed by atoms with Crippen LogP contribution < -0.4 is 0 Å². The van der Waals surface area contributed by atoms with E-state index >= 15 is 0 Å². The fourth-order valence-corrected chi connectivity index (χ4v) is 0. The summed E-state index contributed by atoms with van der Waals surface area (Å²) in [4.78, 5) is 176. The second kappa shape index (κ2) is 19.7. The van der Waals surface area contributed by atoms with Gasteiger partial charge in [-0.2, -0.15) is 0 Å². The van der Waals surface area contributed by atoms with Crippen LogP contribution in [0.15, 0.2) is 0 Å². The Morgan fingerprint density at radius 3 is 0.161 bits per heavy atom. The summed E-state index contributed by atoms with van der Waals surface area (Å²) in [6.07, 6.45) is 0. The van der Waals surface area contributed by atoms with E-state index in [4.69, 9.17) is 115 Å². The smallest absolute Gasteiger partial charge is 0.368 e. The van der Waals surface area contributed by atoms with Gasteiger partial charge < -0.3 is 115 Å². The van der Waals surface area contributed by atoms with Crippen LogP contribution in [0.4, 0.5) is 4.70 Å². The normalized spacial score (nSPS) is 11.6. The van der Waals surface area contributed by atoms with Gasteiger partial charge in [0, 0.05) is 0 Å². The number of halogens is 1. The molecular formula is H25FO24Si6. The highest BCUT2D eigenvalue weighted by molar-refractivity contribution is 6.48. The molecule has 0 aliphatic rings. The van der Waals surface area contributed by atoms with Crippen LogP contribution in [0.3, 0.4) is 0 Å². The van der Waals surface area contributed by atoms with Crippen molar-refractivity contribution < 1.29 is 120 Å². The molecular weight excluding hydrogens is 571 g/mol. The summed E-state index contributed by atoms with van der Waals surface area (Å²) in [5, 5.41) is 0. The molecule has 0 unspecified atom stereocenters. The molecule has 0 saturated heterocycles. The first-order valence-corrected chi connectivity index (χ1v) is 16.1. The van der Waals surface area contributed by atoms with Crippen molar-refractivity contribution in [2.75, 3.05) is 0 Å². The molecule has 0 aromatic rings. The van der Waals surface area contributed by atoms with Gasteiger partial charge in [-0.25, -0.2) is 0 Å². The van der Waals surface area contributed by atoms with Crippen molar-refractivity contribution in [2.24, 2.45) is 0 Å². The third kappa shape index (κ3) is 329000. The zero-order valence-electron chi connectivity index (χ0n) is 14.1. The van der Waals surface area contributed by atoms with Crippen molar-refractivity contribution in [1.82, 2.24) is 0 Å². The van der Waals surface area contributed by atoms with Gasteiger partial charge in [0.15, 0.2) is 0 Å². The lowest BCUT2D eigenvalue weighted by Gasteiger charge is -1.91. The summed E-state index contributed by atoms with van der Waals surface area (Å²) >= 11 is 0. The molecule has 24 N–H and O–H groups in total. The van der Waals surface area contributed by atoms with Crippen molar-refractivity contribution in [3.8, 4) is 0 Å². The Morgan fingerprint density at radius 2 is 0.161 bits per heavy atom. The molecule has 0 heterocycles. The molecule has 0 amide bonds. The average Bonchev–Trinajstić information content (AvgIpc) is 1.94. The minimum absolute atomic E-state index is 0. The van der Waals surface area contributed by atoms with Gasteiger partial charge in [-0.05, 0) is 0 Å². The van der Waals surface area contributed by atoms with Crippen LogP contribution in [-0.2, 0) is 0 Å². The quantitative estimate of drug-likeness (QED) is 0.115. The third-order valence-corrected chi connectivity index (χ3v) is 0. The van der Waals surface area contributed by atoms with E-state index in [0.717, 1.165) is 0 Å². The third-order valence-electron chi connectivity index (χ3n) is 0. The van der Waals surface area contributed by atoms with E-state index in [9.17, 15) is 0 Å². The van der Waals surface area contributed by atoms with Crippen molar-refractivity contribution >= 4 is 54.3 Å². The standard InChI is InChI=1S/FH.6H4O4Si/c;6*1-5(2,3)4/h1H;6*1-4H. The monoisotopic (exact) mass is 596 g/mol. The predicted octanol–water partition coefficient (Wildman–Crippen LogP) is -15.5. The summed E-state index contributed by atoms with van der Waals surface area (Å²) in [7, 11) is -27.7. The lowest BCUT2D eigenvalue weighted by Crippen LogP contribution is -2.33. The van der Waals surface area contributed by atoms with Gasteiger partial charge in [0.25, 0.3) is 0 Å². The van der Waals surface area contributed by atoms with E-state index in [1.807, 2.05) is 0 Å². The fraction of sp³-hybridized carbons (Fsp3) is 0. The Morgan fingerprint density at radius 1 is 0.161 bits per heavy atom. The van der Waals surface area contributed by atoms with Gasteiger partial charge in [-0.15, -0.1) is 0 Å². The summed E-state index contributed by atoms with van der Waals surface area (Å²) < 4.78 is 0. The summed E-state index contributed by atoms with van der Waals surface area (Å²) in [6.45, 7) is 0. The average molecular weight is 597 g/mol. The highest BCUT2D eigenvalue weighted by Gasteiger charge is 2.24. The Labute approximate surface area is 174 Å². The SMILES string of the molecule is F.O[Si](O)(O)O.O[Si](O)(O)O.O[Si](O)(O)O.O[Si](O)(O)O.O[Si](O)(O)O.O[Si](O)(O)O. The van der Waals surface area contributed by atoms with Crippen LogP contribution in [0.2, 0.25) is 0 Å². The molecule has 31 heavy (non-hydrogen) atoms. The van der Waals surface area contributed by atoms with Crippen LogP contribution in [0, 0.1) is 0 Å². The van der Waals surface area contributed by atoms with E-state index in [1.165, 1.54) is 0 Å². The van der Waals surface area contributed by atoms with Gasteiger partial charge in [0.2, 0.25) is 0 Å². The molecule has 0 aromatic carbocycles. The van der Waals surface area contributed by atoms with Gasteiger partial charge in [-0.1, -0.05) is 0 Å². The Bertz CT molecular complexity index is 214. The Kier molecular flexibility index (Phi) is 30.9. The lowest BCUT2D eigenvalue weighted by molar-refractivity contribution is 0.115. The molecule has 0 radical (unpaired) electrons. The first-order chi connectivity index (χ1) is 12.0. The van der Waals surface area contributed by atoms with Gasteiger partial charge in [0.1, 0.15) is 0 Å². The highest BCUT2D eigenvalue weighted by atomic mass is 28.4. The van der Waals surface area contributed by atoms with Crippen molar-refractivity contribution in [3.63, 3.8) is 0 Å². The maximum Gasteiger partial charge on any atom is 0.668 e. The first-order valence-electron chi connectivity index (χ1n) is 5.37. The zero-order valence-corrected chi connectivity index (χ0v) is 20.1. The van der Waals surface area contributed by atoms with E-state index < -0.39 is 54.3 Å². The van der Waals surface area contributed by atoms with Crippen molar-refractivity contribution in [2.45, 2.75) is 0 Å². The minimum Gasteiger partial charge on any atom is -0.368 e. The Hall–Kier alpha value is 0.271. The van der Waals surface area contributed by atoms with Crippen LogP contribution in [0.1, 0.15) is 0 Å². The Balaban J connectivity index is -0.0000000443. The maximum absolute atomic E-state index is 7.33. The number of hydrogen-bond acceptors (Lipinski definition) is 24. The van der Waals surface area contributed by atoms with E-state index in [2.05, 4.69) is 0 Å². The molecule has 31 heteroatoms. The second-order valence-corrected chi connectivity index (χ2v) is 10.8. The molecule has 0 spiro atoms. The zero-order chi connectivity index (χ0) is 27.0. The molecule has 0 bridgehead atoms. The van der Waals surface area contributed by atoms with E-state index in [-0.39, 0.29) is 4.70 Å². The van der Waals surface area contributed by atoms with Gasteiger partial charge in [-0.3, -0.25) is 4.70 Å². The maximum atomic E-state index is 7.33. The highest BCUT2D eigenvalue weighted by Crippen LogP contribution is 1.69. The summed E-state index contributed by atoms with van der Waals surface area (Å²) in [6, 6.07) is 0. The van der Waals surface area contributed by atoms with Gasteiger partial charge >= 0.3 is 54.3 Å². The molecule has 0 rings (SSSR count). The van der Waals surface area contributed by atoms with Crippen LogP contribution in [0.5, 0.6) is 0 Å². The second-order valence-electron chi connectivity index (χ2n) is 3.60. The van der Waals surface area contributed by atoms with Crippen LogP contribution in [-0.4, -0.2) is 169 Å².